The highest BCUT2D eigenvalue weighted by atomic mass is 16.7. The number of carbonyl (C=O) groups excluding carboxylic acids is 2. The third-order valence-electron chi connectivity index (χ3n) is 5.92. The average Bonchev–Trinajstić information content (AvgIpc) is 3.13. The van der Waals surface area contributed by atoms with Crippen LogP contribution in [0.4, 0.5) is 0 Å². The molecule has 30 heavy (non-hydrogen) atoms. The molecule has 0 spiro atoms. The van der Waals surface area contributed by atoms with Crippen LogP contribution in [0.15, 0.2) is 40.7 Å². The Labute approximate surface area is 177 Å². The number of Topliss-reactive ketones (excluding diaryl/α,β-unsaturated/α-hetero) is 1. The molecule has 0 amide bonds. The van der Waals surface area contributed by atoms with Crippen LogP contribution in [0.25, 0.3) is 0 Å². The van der Waals surface area contributed by atoms with Crippen LogP contribution in [0.3, 0.4) is 0 Å². The molecule has 0 saturated carbocycles. The molecule has 0 bridgehead atoms. The SMILES string of the molecule is CCCCOC(=O)C1=C(C)NC2=C(C(=O)CC(C)(C)C2)C1c1ccc2c(c1)OCO2. The van der Waals surface area contributed by atoms with Crippen molar-refractivity contribution in [3.8, 4) is 11.5 Å². The quantitative estimate of drug-likeness (QED) is 0.573. The average molecular weight is 411 g/mol. The van der Waals surface area contributed by atoms with E-state index in [1.54, 1.807) is 0 Å². The summed E-state index contributed by atoms with van der Waals surface area (Å²) < 4.78 is 16.6. The normalized spacial score (nSPS) is 22.0. The number of hydrogen-bond acceptors (Lipinski definition) is 6. The van der Waals surface area contributed by atoms with E-state index in [0.29, 0.717) is 35.7 Å². The van der Waals surface area contributed by atoms with Crippen LogP contribution in [0, 0.1) is 5.41 Å². The van der Waals surface area contributed by atoms with Gasteiger partial charge in [-0.25, -0.2) is 4.79 Å². The molecule has 6 heteroatoms. The lowest BCUT2D eigenvalue weighted by molar-refractivity contribution is -0.139. The molecule has 4 rings (SSSR count). The fourth-order valence-corrected chi connectivity index (χ4v) is 4.52. The topological polar surface area (TPSA) is 73.9 Å². The summed E-state index contributed by atoms with van der Waals surface area (Å²) in [6, 6.07) is 5.63. The van der Waals surface area contributed by atoms with Gasteiger partial charge in [0.1, 0.15) is 0 Å². The summed E-state index contributed by atoms with van der Waals surface area (Å²) in [5.74, 6) is 0.524. The number of unbranched alkanes of at least 4 members (excludes halogenated alkanes) is 1. The summed E-state index contributed by atoms with van der Waals surface area (Å²) in [7, 11) is 0. The van der Waals surface area contributed by atoms with Gasteiger partial charge in [-0.15, -0.1) is 0 Å². The molecule has 1 aromatic rings. The first-order valence-corrected chi connectivity index (χ1v) is 10.6. The Morgan fingerprint density at radius 3 is 2.77 bits per heavy atom. The Hall–Kier alpha value is -2.76. The van der Waals surface area contributed by atoms with Crippen LogP contribution < -0.4 is 14.8 Å². The number of benzene rings is 1. The third-order valence-corrected chi connectivity index (χ3v) is 5.92. The largest absolute Gasteiger partial charge is 0.462 e. The Balaban J connectivity index is 1.79. The van der Waals surface area contributed by atoms with Crippen LogP contribution in [-0.2, 0) is 14.3 Å². The van der Waals surface area contributed by atoms with Gasteiger partial charge in [-0.3, -0.25) is 4.79 Å². The Kier molecular flexibility index (Phi) is 5.35. The summed E-state index contributed by atoms with van der Waals surface area (Å²) in [5, 5.41) is 3.36. The third kappa shape index (κ3) is 3.71. The van der Waals surface area contributed by atoms with Crippen molar-refractivity contribution in [2.75, 3.05) is 13.4 Å². The van der Waals surface area contributed by atoms with E-state index in [-0.39, 0.29) is 24.0 Å². The van der Waals surface area contributed by atoms with Crippen LogP contribution in [0.5, 0.6) is 11.5 Å². The van der Waals surface area contributed by atoms with Crippen molar-refractivity contribution in [3.05, 3.63) is 46.3 Å². The minimum atomic E-state index is -0.478. The first-order chi connectivity index (χ1) is 14.3. The molecule has 1 aliphatic carbocycles. The van der Waals surface area contributed by atoms with Gasteiger partial charge in [-0.05, 0) is 42.9 Å². The number of hydrogen-bond donors (Lipinski definition) is 1. The van der Waals surface area contributed by atoms with E-state index in [4.69, 9.17) is 14.2 Å². The van der Waals surface area contributed by atoms with Gasteiger partial charge in [-0.2, -0.15) is 0 Å². The van der Waals surface area contributed by atoms with E-state index < -0.39 is 5.92 Å². The summed E-state index contributed by atoms with van der Waals surface area (Å²) in [5.41, 5.74) is 3.52. The number of allylic oxidation sites excluding steroid dienone is 3. The highest BCUT2D eigenvalue weighted by Crippen LogP contribution is 2.48. The van der Waals surface area contributed by atoms with Crippen molar-refractivity contribution in [3.63, 3.8) is 0 Å². The minimum absolute atomic E-state index is 0.0720. The molecule has 1 aromatic carbocycles. The second-order valence-electron chi connectivity index (χ2n) is 9.03. The molecule has 0 saturated heterocycles. The molecule has 2 aliphatic heterocycles. The monoisotopic (exact) mass is 411 g/mol. The molecule has 1 N–H and O–H groups in total. The maximum absolute atomic E-state index is 13.3. The van der Waals surface area contributed by atoms with Crippen molar-refractivity contribution >= 4 is 11.8 Å². The first-order valence-electron chi connectivity index (χ1n) is 10.6. The van der Waals surface area contributed by atoms with Crippen LogP contribution >= 0.6 is 0 Å². The molecule has 1 unspecified atom stereocenters. The summed E-state index contributed by atoms with van der Waals surface area (Å²) in [6.45, 7) is 8.67. The van der Waals surface area contributed by atoms with Crippen molar-refractivity contribution in [1.82, 2.24) is 5.32 Å². The zero-order chi connectivity index (χ0) is 21.5. The zero-order valence-electron chi connectivity index (χ0n) is 18.1. The molecule has 2 heterocycles. The Bertz CT molecular complexity index is 956. The highest BCUT2D eigenvalue weighted by molar-refractivity contribution is 6.04. The second-order valence-corrected chi connectivity index (χ2v) is 9.03. The minimum Gasteiger partial charge on any atom is -0.462 e. The van der Waals surface area contributed by atoms with E-state index in [2.05, 4.69) is 26.1 Å². The van der Waals surface area contributed by atoms with Crippen molar-refractivity contribution in [2.45, 2.75) is 59.3 Å². The Morgan fingerprint density at radius 1 is 1.23 bits per heavy atom. The number of esters is 1. The van der Waals surface area contributed by atoms with E-state index in [1.807, 2.05) is 25.1 Å². The van der Waals surface area contributed by atoms with Gasteiger partial charge in [0, 0.05) is 29.3 Å². The zero-order valence-corrected chi connectivity index (χ0v) is 18.1. The van der Waals surface area contributed by atoms with Crippen LogP contribution in [0.1, 0.15) is 64.9 Å². The van der Waals surface area contributed by atoms with Gasteiger partial charge in [0.15, 0.2) is 17.3 Å². The lowest BCUT2D eigenvalue weighted by Crippen LogP contribution is -2.38. The molecular formula is C24H29NO5. The van der Waals surface area contributed by atoms with Gasteiger partial charge in [0.25, 0.3) is 0 Å². The van der Waals surface area contributed by atoms with Gasteiger partial charge in [0.2, 0.25) is 6.79 Å². The van der Waals surface area contributed by atoms with E-state index in [1.165, 1.54) is 0 Å². The fraction of sp³-hybridized carbons (Fsp3) is 0.500. The molecule has 3 aliphatic rings. The van der Waals surface area contributed by atoms with Crippen molar-refractivity contribution < 1.29 is 23.8 Å². The second kappa shape index (κ2) is 7.82. The smallest absolute Gasteiger partial charge is 0.336 e. The number of ketones is 1. The van der Waals surface area contributed by atoms with Gasteiger partial charge >= 0.3 is 5.97 Å². The summed E-state index contributed by atoms with van der Waals surface area (Å²) >= 11 is 0. The number of rotatable bonds is 5. The lowest BCUT2D eigenvalue weighted by Gasteiger charge is -2.39. The van der Waals surface area contributed by atoms with Crippen LogP contribution in [-0.4, -0.2) is 25.2 Å². The number of ether oxygens (including phenoxy) is 3. The molecule has 6 nitrogen and oxygen atoms in total. The lowest BCUT2D eigenvalue weighted by atomic mass is 9.68. The summed E-state index contributed by atoms with van der Waals surface area (Å²) in [6.07, 6.45) is 2.95. The van der Waals surface area contributed by atoms with Crippen LogP contribution in [0.2, 0.25) is 0 Å². The highest BCUT2D eigenvalue weighted by Gasteiger charge is 2.43. The number of carbonyl (C=O) groups is 2. The molecule has 1 atom stereocenters. The molecule has 0 aromatic heterocycles. The number of nitrogens with one attached hydrogen (secondary N) is 1. The number of fused-ring (bicyclic) bond motifs is 1. The maximum Gasteiger partial charge on any atom is 0.336 e. The van der Waals surface area contributed by atoms with E-state index in [9.17, 15) is 9.59 Å². The van der Waals surface area contributed by atoms with E-state index >= 15 is 0 Å². The molecular weight excluding hydrogens is 382 g/mol. The standard InChI is InChI=1S/C24H29NO5/c1-5-6-9-28-23(27)20-14(2)25-16-11-24(3,4)12-17(26)22(16)21(20)15-7-8-18-19(10-15)30-13-29-18/h7-8,10,21,25H,5-6,9,11-13H2,1-4H3. The van der Waals surface area contributed by atoms with Gasteiger partial charge in [0.05, 0.1) is 12.2 Å². The first kappa shape index (κ1) is 20.5. The van der Waals surface area contributed by atoms with E-state index in [0.717, 1.165) is 36.2 Å². The van der Waals surface area contributed by atoms with Gasteiger partial charge in [-0.1, -0.05) is 33.3 Å². The molecule has 0 fully saturated rings. The number of dihydropyridines is 1. The molecule has 160 valence electrons. The summed E-state index contributed by atoms with van der Waals surface area (Å²) in [4.78, 5) is 26.4. The van der Waals surface area contributed by atoms with Crippen molar-refractivity contribution in [1.29, 1.82) is 0 Å². The predicted molar refractivity (Wildman–Crippen MR) is 112 cm³/mol. The van der Waals surface area contributed by atoms with Crippen molar-refractivity contribution in [2.24, 2.45) is 5.41 Å². The maximum atomic E-state index is 13.3. The predicted octanol–water partition coefficient (Wildman–Crippen LogP) is 4.36. The van der Waals surface area contributed by atoms with Gasteiger partial charge < -0.3 is 19.5 Å². The Morgan fingerprint density at radius 2 is 2.00 bits per heavy atom. The molecule has 0 radical (unpaired) electrons. The fourth-order valence-electron chi connectivity index (χ4n) is 4.52.